The van der Waals surface area contributed by atoms with E-state index >= 15 is 0 Å². The number of nitrogens with one attached hydrogen (secondary N) is 2. The third kappa shape index (κ3) is 4.13. The highest BCUT2D eigenvalue weighted by Crippen LogP contribution is 2.22. The van der Waals surface area contributed by atoms with Crippen molar-refractivity contribution < 1.29 is 9.21 Å². The Morgan fingerprint density at radius 2 is 1.96 bits per heavy atom. The monoisotopic (exact) mass is 340 g/mol. The summed E-state index contributed by atoms with van der Waals surface area (Å²) in [5.74, 6) is 0.753. The van der Waals surface area contributed by atoms with Crippen LogP contribution in [-0.4, -0.2) is 12.5 Å². The molecule has 0 saturated carbocycles. The molecule has 2 N–H and O–H groups in total. The van der Waals surface area contributed by atoms with Crippen LogP contribution >= 0.6 is 11.3 Å². The van der Waals surface area contributed by atoms with Crippen molar-refractivity contribution in [1.29, 1.82) is 0 Å². The molecule has 124 valence electrons. The Balaban J connectivity index is 1.62. The van der Waals surface area contributed by atoms with Gasteiger partial charge in [0.2, 0.25) is 5.91 Å². The van der Waals surface area contributed by atoms with Crippen molar-refractivity contribution in [2.24, 2.45) is 0 Å². The molecule has 0 aliphatic rings. The fraction of sp³-hybridized carbons (Fsp3) is 0.211. The Bertz CT molecular complexity index is 739. The lowest BCUT2D eigenvalue weighted by atomic mass is 10.0. The van der Waals surface area contributed by atoms with Crippen molar-refractivity contribution in [3.8, 4) is 0 Å². The summed E-state index contributed by atoms with van der Waals surface area (Å²) < 4.78 is 5.53. The van der Waals surface area contributed by atoms with E-state index in [-0.39, 0.29) is 24.5 Å². The molecule has 2 heterocycles. The van der Waals surface area contributed by atoms with Crippen molar-refractivity contribution in [1.82, 2.24) is 10.6 Å². The highest BCUT2D eigenvalue weighted by Gasteiger charge is 2.18. The van der Waals surface area contributed by atoms with Crippen LogP contribution in [0.15, 0.2) is 70.7 Å². The molecule has 0 aliphatic carbocycles. The molecule has 2 atom stereocenters. The maximum absolute atomic E-state index is 12.3. The van der Waals surface area contributed by atoms with Crippen LogP contribution in [0, 0.1) is 0 Å². The van der Waals surface area contributed by atoms with Crippen molar-refractivity contribution >= 4 is 17.2 Å². The lowest BCUT2D eigenvalue weighted by molar-refractivity contribution is -0.120. The van der Waals surface area contributed by atoms with Crippen molar-refractivity contribution in [3.05, 3.63) is 82.4 Å². The average molecular weight is 340 g/mol. The van der Waals surface area contributed by atoms with Gasteiger partial charge in [0.05, 0.1) is 24.9 Å². The van der Waals surface area contributed by atoms with Gasteiger partial charge in [0.1, 0.15) is 5.76 Å². The topological polar surface area (TPSA) is 54.3 Å². The van der Waals surface area contributed by atoms with Gasteiger partial charge in [-0.25, -0.2) is 0 Å². The van der Waals surface area contributed by atoms with E-state index in [0.29, 0.717) is 0 Å². The zero-order valence-electron chi connectivity index (χ0n) is 13.4. The summed E-state index contributed by atoms with van der Waals surface area (Å²) in [5, 5.41) is 8.31. The summed E-state index contributed by atoms with van der Waals surface area (Å²) in [5.41, 5.74) is 1.06. The zero-order valence-corrected chi connectivity index (χ0v) is 14.3. The van der Waals surface area contributed by atoms with Crippen molar-refractivity contribution in [2.45, 2.75) is 19.0 Å². The highest BCUT2D eigenvalue weighted by molar-refractivity contribution is 7.10. The number of rotatable bonds is 7. The van der Waals surface area contributed by atoms with Gasteiger partial charge in [-0.05, 0) is 36.1 Å². The van der Waals surface area contributed by atoms with Crippen LogP contribution in [0.1, 0.15) is 35.2 Å². The predicted molar refractivity (Wildman–Crippen MR) is 95.9 cm³/mol. The minimum Gasteiger partial charge on any atom is -0.467 e. The van der Waals surface area contributed by atoms with Gasteiger partial charge in [0.15, 0.2) is 0 Å². The van der Waals surface area contributed by atoms with E-state index in [0.717, 1.165) is 16.2 Å². The maximum atomic E-state index is 12.3. The first kappa shape index (κ1) is 16.5. The van der Waals surface area contributed by atoms with Crippen molar-refractivity contribution in [3.63, 3.8) is 0 Å². The molecule has 0 bridgehead atoms. The Labute approximate surface area is 145 Å². The third-order valence-corrected chi connectivity index (χ3v) is 4.83. The summed E-state index contributed by atoms with van der Waals surface area (Å²) >= 11 is 1.64. The minimum atomic E-state index is -0.149. The predicted octanol–water partition coefficient (Wildman–Crippen LogP) is 3.90. The molecule has 5 heteroatoms. The number of carbonyl (C=O) groups excluding carboxylic acids is 1. The summed E-state index contributed by atoms with van der Waals surface area (Å²) in [6, 6.07) is 17.6. The van der Waals surface area contributed by atoms with Gasteiger partial charge in [-0.3, -0.25) is 10.1 Å². The van der Waals surface area contributed by atoms with Gasteiger partial charge >= 0.3 is 0 Å². The molecule has 0 saturated heterocycles. The second kappa shape index (κ2) is 7.95. The lowest BCUT2D eigenvalue weighted by Crippen LogP contribution is -2.37. The molecular weight excluding hydrogens is 320 g/mol. The molecular formula is C19H20N2O2S. The van der Waals surface area contributed by atoms with Crippen LogP contribution < -0.4 is 10.6 Å². The van der Waals surface area contributed by atoms with Crippen LogP contribution in [-0.2, 0) is 4.79 Å². The molecule has 1 aromatic carbocycles. The average Bonchev–Trinajstić information content (AvgIpc) is 3.30. The van der Waals surface area contributed by atoms with E-state index in [1.807, 2.05) is 66.9 Å². The van der Waals surface area contributed by atoms with E-state index in [4.69, 9.17) is 4.42 Å². The number of hydrogen-bond donors (Lipinski definition) is 2. The number of amides is 1. The summed E-state index contributed by atoms with van der Waals surface area (Å²) in [6.07, 6.45) is 1.64. The lowest BCUT2D eigenvalue weighted by Gasteiger charge is -2.18. The van der Waals surface area contributed by atoms with Crippen LogP contribution in [0.25, 0.3) is 0 Å². The largest absolute Gasteiger partial charge is 0.467 e. The Morgan fingerprint density at radius 1 is 1.12 bits per heavy atom. The first-order valence-corrected chi connectivity index (χ1v) is 8.76. The van der Waals surface area contributed by atoms with Gasteiger partial charge < -0.3 is 9.73 Å². The third-order valence-electron chi connectivity index (χ3n) is 3.77. The van der Waals surface area contributed by atoms with Crippen LogP contribution in [0.4, 0.5) is 0 Å². The smallest absolute Gasteiger partial charge is 0.234 e. The van der Waals surface area contributed by atoms with Crippen LogP contribution in [0.3, 0.4) is 0 Å². The second-order valence-electron chi connectivity index (χ2n) is 5.54. The molecule has 3 aromatic rings. The molecule has 2 aromatic heterocycles. The molecule has 0 spiro atoms. The molecule has 0 radical (unpaired) electrons. The molecule has 0 aliphatic heterocycles. The highest BCUT2D eigenvalue weighted by atomic mass is 32.1. The quantitative estimate of drug-likeness (QED) is 0.686. The number of benzene rings is 1. The zero-order chi connectivity index (χ0) is 16.8. The normalized spacial score (nSPS) is 13.4. The first-order chi connectivity index (χ1) is 11.7. The second-order valence-corrected chi connectivity index (χ2v) is 6.52. The summed E-state index contributed by atoms with van der Waals surface area (Å²) in [4.78, 5) is 13.4. The number of hydrogen-bond acceptors (Lipinski definition) is 4. The molecule has 24 heavy (non-hydrogen) atoms. The van der Waals surface area contributed by atoms with E-state index in [1.165, 1.54) is 0 Å². The molecule has 4 nitrogen and oxygen atoms in total. The summed E-state index contributed by atoms with van der Waals surface area (Å²) in [7, 11) is 0. The number of furan rings is 1. The Hall–Kier alpha value is -2.37. The summed E-state index contributed by atoms with van der Waals surface area (Å²) in [6.45, 7) is 2.21. The van der Waals surface area contributed by atoms with Gasteiger partial charge in [-0.1, -0.05) is 36.4 Å². The van der Waals surface area contributed by atoms with E-state index in [9.17, 15) is 4.79 Å². The molecule has 0 unspecified atom stereocenters. The standard InChI is InChI=1S/C19H20N2O2S/c1-14(17-10-6-12-24-17)21-18(22)13-20-19(16-9-5-11-23-16)15-7-3-2-4-8-15/h2-12,14,19-20H,13H2,1H3,(H,21,22)/t14-,19-/m1/s1. The number of thiophene rings is 1. The number of carbonyl (C=O) groups is 1. The molecule has 1 amide bonds. The Kier molecular flexibility index (Phi) is 5.46. The fourth-order valence-corrected chi connectivity index (χ4v) is 3.31. The SMILES string of the molecule is C[C@@H](NC(=O)CN[C@H](c1ccccc1)c1ccco1)c1cccs1. The molecule has 0 fully saturated rings. The van der Waals surface area contributed by atoms with E-state index in [2.05, 4.69) is 10.6 Å². The maximum Gasteiger partial charge on any atom is 0.234 e. The molecule has 3 rings (SSSR count). The van der Waals surface area contributed by atoms with Gasteiger partial charge in [-0.2, -0.15) is 0 Å². The van der Waals surface area contributed by atoms with Crippen LogP contribution in [0.5, 0.6) is 0 Å². The van der Waals surface area contributed by atoms with E-state index in [1.54, 1.807) is 17.6 Å². The van der Waals surface area contributed by atoms with Crippen LogP contribution in [0.2, 0.25) is 0 Å². The fourth-order valence-electron chi connectivity index (χ4n) is 2.58. The van der Waals surface area contributed by atoms with E-state index < -0.39 is 0 Å². The van der Waals surface area contributed by atoms with Crippen molar-refractivity contribution in [2.75, 3.05) is 6.54 Å². The van der Waals surface area contributed by atoms with Gasteiger partial charge in [0, 0.05) is 4.88 Å². The minimum absolute atomic E-state index is 0.0121. The first-order valence-electron chi connectivity index (χ1n) is 7.88. The van der Waals surface area contributed by atoms with Gasteiger partial charge in [0.25, 0.3) is 0 Å². The van der Waals surface area contributed by atoms with Gasteiger partial charge in [-0.15, -0.1) is 11.3 Å². The Morgan fingerprint density at radius 3 is 2.62 bits per heavy atom.